The van der Waals surface area contributed by atoms with Crippen molar-refractivity contribution in [1.82, 2.24) is 0 Å². The van der Waals surface area contributed by atoms with Crippen LogP contribution in [-0.4, -0.2) is 10.6 Å². The molecule has 0 spiro atoms. The fourth-order valence-corrected chi connectivity index (χ4v) is 2.01. The molecule has 15 heavy (non-hydrogen) atoms. The van der Waals surface area contributed by atoms with Gasteiger partial charge in [-0.25, -0.2) is 4.39 Å². The Morgan fingerprint density at radius 1 is 1.53 bits per heavy atom. The van der Waals surface area contributed by atoms with E-state index in [2.05, 4.69) is 15.9 Å². The van der Waals surface area contributed by atoms with Crippen LogP contribution >= 0.6 is 15.9 Å². The molecule has 0 atom stereocenters. The fourth-order valence-electron chi connectivity index (χ4n) is 1.42. The summed E-state index contributed by atoms with van der Waals surface area (Å²) in [6, 6.07) is 1.55. The molecule has 0 radical (unpaired) electrons. The van der Waals surface area contributed by atoms with Crippen molar-refractivity contribution in [3.8, 4) is 5.75 Å². The summed E-state index contributed by atoms with van der Waals surface area (Å²) in [5.41, 5.74) is 6.03. The number of phenols is 1. The van der Waals surface area contributed by atoms with Crippen molar-refractivity contribution in [2.75, 3.05) is 0 Å². The van der Waals surface area contributed by atoms with Crippen LogP contribution in [-0.2, 0) is 6.42 Å². The molecule has 0 amide bonds. The maximum atomic E-state index is 13.7. The molecule has 0 aromatic heterocycles. The normalized spacial score (nSPS) is 11.9. The summed E-state index contributed by atoms with van der Waals surface area (Å²) in [5, 5.41) is 9.72. The van der Waals surface area contributed by atoms with Crippen molar-refractivity contribution >= 4 is 15.9 Å². The van der Waals surface area contributed by atoms with Crippen LogP contribution in [0.2, 0.25) is 0 Å². The zero-order chi connectivity index (χ0) is 11.8. The molecule has 0 saturated heterocycles. The predicted octanol–water partition coefficient (Wildman–Crippen LogP) is 2.88. The van der Waals surface area contributed by atoms with Crippen LogP contribution in [0.3, 0.4) is 0 Å². The van der Waals surface area contributed by atoms with Gasteiger partial charge in [-0.05, 0) is 54.8 Å². The summed E-state index contributed by atoms with van der Waals surface area (Å²) in [6.07, 6.45) is 0.297. The molecular weight excluding hydrogens is 261 g/mol. The molecule has 0 unspecified atom stereocenters. The van der Waals surface area contributed by atoms with Gasteiger partial charge in [0.2, 0.25) is 0 Å². The highest BCUT2D eigenvalue weighted by Gasteiger charge is 2.20. The van der Waals surface area contributed by atoms with Crippen molar-refractivity contribution in [3.63, 3.8) is 0 Å². The Kier molecular flexibility index (Phi) is 3.41. The van der Waals surface area contributed by atoms with Gasteiger partial charge in [-0.3, -0.25) is 0 Å². The molecule has 0 fully saturated rings. The third-order valence-corrected chi connectivity index (χ3v) is 2.70. The van der Waals surface area contributed by atoms with E-state index in [1.165, 1.54) is 0 Å². The smallest absolute Gasteiger partial charge is 0.135 e. The van der Waals surface area contributed by atoms with E-state index >= 15 is 0 Å². The number of benzene rings is 1. The van der Waals surface area contributed by atoms with Crippen molar-refractivity contribution in [2.24, 2.45) is 5.73 Å². The van der Waals surface area contributed by atoms with Crippen LogP contribution in [0.25, 0.3) is 0 Å². The van der Waals surface area contributed by atoms with Gasteiger partial charge in [0.05, 0.1) is 4.47 Å². The lowest BCUT2D eigenvalue weighted by molar-refractivity contribution is 0.432. The Bertz CT molecular complexity index is 359. The second kappa shape index (κ2) is 4.10. The maximum Gasteiger partial charge on any atom is 0.135 e. The SMILES string of the molecule is Cc1cc(Br)c(O)c(CC(C)(C)N)c1F. The van der Waals surface area contributed by atoms with Crippen LogP contribution in [0.5, 0.6) is 5.75 Å². The number of rotatable bonds is 2. The Labute approximate surface area is 97.4 Å². The monoisotopic (exact) mass is 275 g/mol. The van der Waals surface area contributed by atoms with E-state index in [-0.39, 0.29) is 17.1 Å². The highest BCUT2D eigenvalue weighted by molar-refractivity contribution is 9.10. The molecule has 0 aliphatic carbocycles. The van der Waals surface area contributed by atoms with Crippen LogP contribution in [0.15, 0.2) is 10.5 Å². The van der Waals surface area contributed by atoms with Gasteiger partial charge in [0, 0.05) is 11.1 Å². The minimum Gasteiger partial charge on any atom is -0.506 e. The predicted molar refractivity (Wildman–Crippen MR) is 62.5 cm³/mol. The maximum absolute atomic E-state index is 13.7. The van der Waals surface area contributed by atoms with E-state index < -0.39 is 5.54 Å². The second-order valence-electron chi connectivity index (χ2n) is 4.48. The van der Waals surface area contributed by atoms with E-state index in [1.54, 1.807) is 26.8 Å². The first kappa shape index (κ1) is 12.5. The summed E-state index contributed by atoms with van der Waals surface area (Å²) in [6.45, 7) is 5.25. The first-order valence-corrected chi connectivity index (χ1v) is 5.47. The summed E-state index contributed by atoms with van der Waals surface area (Å²) >= 11 is 3.18. The lowest BCUT2D eigenvalue weighted by atomic mass is 9.94. The van der Waals surface area contributed by atoms with Crippen molar-refractivity contribution in [1.29, 1.82) is 0 Å². The number of aromatic hydroxyl groups is 1. The Morgan fingerprint density at radius 2 is 2.07 bits per heavy atom. The van der Waals surface area contributed by atoms with Gasteiger partial charge < -0.3 is 10.8 Å². The molecule has 0 aliphatic rings. The van der Waals surface area contributed by atoms with Crippen molar-refractivity contribution < 1.29 is 9.50 Å². The molecule has 1 aromatic rings. The molecule has 0 aliphatic heterocycles. The molecule has 1 aromatic carbocycles. The first-order chi connectivity index (χ1) is 6.72. The van der Waals surface area contributed by atoms with Gasteiger partial charge in [-0.1, -0.05) is 0 Å². The third-order valence-electron chi connectivity index (χ3n) is 2.10. The van der Waals surface area contributed by atoms with Gasteiger partial charge in [0.1, 0.15) is 11.6 Å². The standard InChI is InChI=1S/C11H15BrFNO/c1-6-4-8(12)10(15)7(9(6)13)5-11(2,3)14/h4,15H,5,14H2,1-3H3. The molecule has 4 heteroatoms. The Morgan fingerprint density at radius 3 is 2.53 bits per heavy atom. The molecule has 0 bridgehead atoms. The summed E-state index contributed by atoms with van der Waals surface area (Å²) in [4.78, 5) is 0. The average Bonchev–Trinajstić information content (AvgIpc) is 2.08. The molecule has 2 nitrogen and oxygen atoms in total. The third kappa shape index (κ3) is 2.92. The second-order valence-corrected chi connectivity index (χ2v) is 5.34. The zero-order valence-corrected chi connectivity index (χ0v) is 10.7. The van der Waals surface area contributed by atoms with Gasteiger partial charge in [-0.2, -0.15) is 0 Å². The summed E-state index contributed by atoms with van der Waals surface area (Å²) < 4.78 is 14.2. The van der Waals surface area contributed by atoms with Gasteiger partial charge >= 0.3 is 0 Å². The Balaban J connectivity index is 3.27. The van der Waals surface area contributed by atoms with Gasteiger partial charge in [-0.15, -0.1) is 0 Å². The van der Waals surface area contributed by atoms with E-state index in [0.717, 1.165) is 0 Å². The topological polar surface area (TPSA) is 46.2 Å². The number of phenolic OH excluding ortho intramolecular Hbond substituents is 1. The molecule has 0 heterocycles. The van der Waals surface area contributed by atoms with Crippen LogP contribution < -0.4 is 5.73 Å². The van der Waals surface area contributed by atoms with E-state index in [4.69, 9.17) is 5.73 Å². The van der Waals surface area contributed by atoms with Crippen LogP contribution in [0, 0.1) is 12.7 Å². The average molecular weight is 276 g/mol. The lowest BCUT2D eigenvalue weighted by Gasteiger charge is -2.20. The number of aryl methyl sites for hydroxylation is 1. The number of hydrogen-bond donors (Lipinski definition) is 2. The zero-order valence-electron chi connectivity index (χ0n) is 9.06. The molecule has 0 saturated carbocycles. The number of hydrogen-bond acceptors (Lipinski definition) is 2. The Hall–Kier alpha value is -0.610. The minimum absolute atomic E-state index is 0.0587. The highest BCUT2D eigenvalue weighted by atomic mass is 79.9. The van der Waals surface area contributed by atoms with Gasteiger partial charge in [0.25, 0.3) is 0 Å². The van der Waals surface area contributed by atoms with Gasteiger partial charge in [0.15, 0.2) is 0 Å². The van der Waals surface area contributed by atoms with E-state index in [1.807, 2.05) is 0 Å². The largest absolute Gasteiger partial charge is 0.506 e. The van der Waals surface area contributed by atoms with Crippen LogP contribution in [0.1, 0.15) is 25.0 Å². The quantitative estimate of drug-likeness (QED) is 0.872. The highest BCUT2D eigenvalue weighted by Crippen LogP contribution is 2.33. The fraction of sp³-hybridized carbons (Fsp3) is 0.455. The lowest BCUT2D eigenvalue weighted by Crippen LogP contribution is -2.34. The first-order valence-electron chi connectivity index (χ1n) is 4.67. The number of nitrogens with two attached hydrogens (primary N) is 1. The summed E-state index contributed by atoms with van der Waals surface area (Å²) in [7, 11) is 0. The minimum atomic E-state index is -0.550. The van der Waals surface area contributed by atoms with E-state index in [0.29, 0.717) is 16.5 Å². The summed E-state index contributed by atoms with van der Waals surface area (Å²) in [5.74, 6) is -0.439. The van der Waals surface area contributed by atoms with Crippen molar-refractivity contribution in [2.45, 2.75) is 32.7 Å². The number of halogens is 2. The molecule has 1 rings (SSSR count). The van der Waals surface area contributed by atoms with E-state index in [9.17, 15) is 9.50 Å². The molecular formula is C11H15BrFNO. The van der Waals surface area contributed by atoms with Crippen LogP contribution in [0.4, 0.5) is 4.39 Å². The molecule has 3 N–H and O–H groups in total. The van der Waals surface area contributed by atoms with Crippen molar-refractivity contribution in [3.05, 3.63) is 27.5 Å². The molecule has 84 valence electrons.